The van der Waals surface area contributed by atoms with Crippen LogP contribution in [0, 0.1) is 0 Å². The molecule has 0 amide bonds. The lowest BCUT2D eigenvalue weighted by atomic mass is 10.0. The first-order valence-corrected chi connectivity index (χ1v) is 6.03. The number of aliphatic hydroxyl groups is 1. The van der Waals surface area contributed by atoms with Gasteiger partial charge in [-0.2, -0.15) is 0 Å². The van der Waals surface area contributed by atoms with Gasteiger partial charge in [0.25, 0.3) is 0 Å². The van der Waals surface area contributed by atoms with Gasteiger partial charge in [-0.15, -0.1) is 0 Å². The third kappa shape index (κ3) is 3.08. The molecule has 0 bridgehead atoms. The lowest BCUT2D eigenvalue weighted by molar-refractivity contribution is 0.230. The smallest absolute Gasteiger partial charge is 0.0454 e. The number of aliphatic hydroxyl groups excluding tert-OH is 1. The molecule has 0 saturated heterocycles. The van der Waals surface area contributed by atoms with Crippen molar-refractivity contribution in [2.24, 2.45) is 0 Å². The molecule has 1 aromatic carbocycles. The van der Waals surface area contributed by atoms with E-state index in [1.54, 1.807) is 0 Å². The van der Waals surface area contributed by atoms with Crippen LogP contribution in [0.5, 0.6) is 0 Å². The quantitative estimate of drug-likeness (QED) is 0.741. The second-order valence-corrected chi connectivity index (χ2v) is 5.11. The second kappa shape index (κ2) is 4.90. The van der Waals surface area contributed by atoms with Crippen molar-refractivity contribution < 1.29 is 5.11 Å². The normalized spacial score (nSPS) is 12.2. The van der Waals surface area contributed by atoms with Crippen LogP contribution in [0.25, 0.3) is 10.9 Å². The molecule has 3 N–H and O–H groups in total. The van der Waals surface area contributed by atoms with Crippen LogP contribution in [0.3, 0.4) is 0 Å². The van der Waals surface area contributed by atoms with Gasteiger partial charge in [0.15, 0.2) is 0 Å². The predicted octanol–water partition coefficient (Wildman–Crippen LogP) is 2.42. The molecule has 0 aliphatic heterocycles. The molecule has 0 atom stereocenters. The molecular weight excluding hydrogens is 212 g/mol. The molecule has 3 heteroatoms. The van der Waals surface area contributed by atoms with Crippen molar-refractivity contribution in [3.8, 4) is 0 Å². The standard InChI is InChI=1S/C14H20N2O/c1-14(2,6-8-17)16-10-11-3-4-13-12(9-11)5-7-15-13/h3-5,7,9,15-17H,6,8,10H2,1-2H3. The van der Waals surface area contributed by atoms with Gasteiger partial charge in [-0.1, -0.05) is 6.07 Å². The van der Waals surface area contributed by atoms with Crippen LogP contribution in [0.4, 0.5) is 0 Å². The van der Waals surface area contributed by atoms with Crippen LogP contribution >= 0.6 is 0 Å². The van der Waals surface area contributed by atoms with Gasteiger partial charge in [-0.25, -0.2) is 0 Å². The molecule has 1 aromatic heterocycles. The van der Waals surface area contributed by atoms with E-state index in [4.69, 9.17) is 5.11 Å². The Morgan fingerprint density at radius 3 is 2.88 bits per heavy atom. The molecule has 92 valence electrons. The first-order chi connectivity index (χ1) is 8.11. The van der Waals surface area contributed by atoms with Gasteiger partial charge in [-0.05, 0) is 49.4 Å². The Morgan fingerprint density at radius 2 is 2.12 bits per heavy atom. The lowest BCUT2D eigenvalue weighted by Crippen LogP contribution is -2.39. The number of fused-ring (bicyclic) bond motifs is 1. The number of H-pyrrole nitrogens is 1. The van der Waals surface area contributed by atoms with E-state index in [1.807, 2.05) is 6.20 Å². The summed E-state index contributed by atoms with van der Waals surface area (Å²) >= 11 is 0. The summed E-state index contributed by atoms with van der Waals surface area (Å²) in [6, 6.07) is 8.50. The summed E-state index contributed by atoms with van der Waals surface area (Å²) in [5.74, 6) is 0. The summed E-state index contributed by atoms with van der Waals surface area (Å²) in [7, 11) is 0. The van der Waals surface area contributed by atoms with Gasteiger partial charge in [0.1, 0.15) is 0 Å². The molecule has 2 aromatic rings. The van der Waals surface area contributed by atoms with E-state index < -0.39 is 0 Å². The van der Waals surface area contributed by atoms with Gasteiger partial charge in [0.05, 0.1) is 0 Å². The van der Waals surface area contributed by atoms with E-state index in [0.717, 1.165) is 13.0 Å². The minimum absolute atomic E-state index is 0.0259. The summed E-state index contributed by atoms with van der Waals surface area (Å²) in [6.07, 6.45) is 2.72. The molecular formula is C14H20N2O. The number of hydrogen-bond donors (Lipinski definition) is 3. The summed E-state index contributed by atoms with van der Waals surface area (Å²) in [6.45, 7) is 5.26. The summed E-state index contributed by atoms with van der Waals surface area (Å²) in [5.41, 5.74) is 2.41. The van der Waals surface area contributed by atoms with Gasteiger partial charge in [-0.3, -0.25) is 0 Å². The van der Waals surface area contributed by atoms with Gasteiger partial charge in [0.2, 0.25) is 0 Å². The van der Waals surface area contributed by atoms with E-state index in [2.05, 4.69) is 48.4 Å². The average molecular weight is 232 g/mol. The largest absolute Gasteiger partial charge is 0.396 e. The van der Waals surface area contributed by atoms with Crippen LogP contribution in [-0.4, -0.2) is 22.2 Å². The number of nitrogens with one attached hydrogen (secondary N) is 2. The second-order valence-electron chi connectivity index (χ2n) is 5.11. The minimum Gasteiger partial charge on any atom is -0.396 e. The number of rotatable bonds is 5. The highest BCUT2D eigenvalue weighted by atomic mass is 16.3. The average Bonchev–Trinajstić information content (AvgIpc) is 2.73. The maximum Gasteiger partial charge on any atom is 0.0454 e. The van der Waals surface area contributed by atoms with Crippen molar-refractivity contribution in [3.05, 3.63) is 36.0 Å². The third-order valence-electron chi connectivity index (χ3n) is 3.13. The number of hydrogen-bond acceptors (Lipinski definition) is 2. The fraction of sp³-hybridized carbons (Fsp3) is 0.429. The van der Waals surface area contributed by atoms with Gasteiger partial charge < -0.3 is 15.4 Å². The van der Waals surface area contributed by atoms with Crippen molar-refractivity contribution >= 4 is 10.9 Å². The first kappa shape index (κ1) is 12.1. The molecule has 17 heavy (non-hydrogen) atoms. The van der Waals surface area contributed by atoms with Crippen LogP contribution in [0.1, 0.15) is 25.8 Å². The number of benzene rings is 1. The molecule has 3 nitrogen and oxygen atoms in total. The Bertz CT molecular complexity index is 488. The van der Waals surface area contributed by atoms with Crippen molar-refractivity contribution in [1.82, 2.24) is 10.3 Å². The third-order valence-corrected chi connectivity index (χ3v) is 3.13. The maximum atomic E-state index is 8.97. The van der Waals surface area contributed by atoms with Crippen molar-refractivity contribution in [2.45, 2.75) is 32.4 Å². The minimum atomic E-state index is -0.0259. The zero-order chi connectivity index (χ0) is 12.3. The zero-order valence-electron chi connectivity index (χ0n) is 10.5. The molecule has 2 rings (SSSR count). The molecule has 0 unspecified atom stereocenters. The van der Waals surface area contributed by atoms with Crippen LogP contribution < -0.4 is 5.32 Å². The van der Waals surface area contributed by atoms with E-state index in [1.165, 1.54) is 16.5 Å². The van der Waals surface area contributed by atoms with Gasteiger partial charge in [0, 0.05) is 30.4 Å². The number of aromatic amines is 1. The van der Waals surface area contributed by atoms with E-state index in [-0.39, 0.29) is 12.1 Å². The van der Waals surface area contributed by atoms with E-state index in [9.17, 15) is 0 Å². The molecule has 0 radical (unpaired) electrons. The van der Waals surface area contributed by atoms with Crippen LogP contribution in [-0.2, 0) is 6.54 Å². The highest BCUT2D eigenvalue weighted by Gasteiger charge is 2.15. The lowest BCUT2D eigenvalue weighted by Gasteiger charge is -2.25. The Morgan fingerprint density at radius 1 is 1.29 bits per heavy atom. The molecule has 0 spiro atoms. The Labute approximate surface area is 102 Å². The van der Waals surface area contributed by atoms with Crippen molar-refractivity contribution in [1.29, 1.82) is 0 Å². The highest BCUT2D eigenvalue weighted by Crippen LogP contribution is 2.15. The van der Waals surface area contributed by atoms with E-state index >= 15 is 0 Å². The fourth-order valence-electron chi connectivity index (χ4n) is 1.92. The topological polar surface area (TPSA) is 48.0 Å². The molecule has 0 saturated carbocycles. The van der Waals surface area contributed by atoms with Crippen molar-refractivity contribution in [2.75, 3.05) is 6.61 Å². The zero-order valence-corrected chi connectivity index (χ0v) is 10.5. The van der Waals surface area contributed by atoms with E-state index in [0.29, 0.717) is 0 Å². The van der Waals surface area contributed by atoms with Gasteiger partial charge >= 0.3 is 0 Å². The Balaban J connectivity index is 2.03. The fourth-order valence-corrected chi connectivity index (χ4v) is 1.92. The molecule has 1 heterocycles. The Hall–Kier alpha value is -1.32. The maximum absolute atomic E-state index is 8.97. The Kier molecular flexibility index (Phi) is 3.50. The summed E-state index contributed by atoms with van der Waals surface area (Å²) in [4.78, 5) is 3.19. The number of aromatic nitrogens is 1. The summed E-state index contributed by atoms with van der Waals surface area (Å²) in [5, 5.41) is 13.7. The first-order valence-electron chi connectivity index (χ1n) is 6.03. The van der Waals surface area contributed by atoms with Crippen LogP contribution in [0.15, 0.2) is 30.5 Å². The summed E-state index contributed by atoms with van der Waals surface area (Å²) < 4.78 is 0. The highest BCUT2D eigenvalue weighted by molar-refractivity contribution is 5.79. The predicted molar refractivity (Wildman–Crippen MR) is 70.9 cm³/mol. The van der Waals surface area contributed by atoms with Crippen molar-refractivity contribution in [3.63, 3.8) is 0 Å². The molecule has 0 fully saturated rings. The van der Waals surface area contributed by atoms with Crippen LogP contribution in [0.2, 0.25) is 0 Å². The molecule has 0 aliphatic carbocycles. The molecule has 0 aliphatic rings. The SMILES string of the molecule is CC(C)(CCO)NCc1ccc2[nH]ccc2c1. The monoisotopic (exact) mass is 232 g/mol.